The summed E-state index contributed by atoms with van der Waals surface area (Å²) >= 11 is 0. The summed E-state index contributed by atoms with van der Waals surface area (Å²) in [5, 5.41) is 6.00. The molecule has 14 heavy (non-hydrogen) atoms. The molecule has 0 fully saturated rings. The number of carbonyl (C=O) groups excluding carboxylic acids is 1. The second-order valence-electron chi connectivity index (χ2n) is 3.87. The van der Waals surface area contributed by atoms with Crippen molar-refractivity contribution in [1.29, 1.82) is 0 Å². The molecule has 0 saturated heterocycles. The molecule has 0 heterocycles. The van der Waals surface area contributed by atoms with Gasteiger partial charge in [0.05, 0.1) is 6.54 Å². The van der Waals surface area contributed by atoms with Crippen molar-refractivity contribution in [1.82, 2.24) is 10.6 Å². The summed E-state index contributed by atoms with van der Waals surface area (Å²) in [4.78, 5) is 11.2. The molecule has 82 valence electrons. The average Bonchev–Trinajstić information content (AvgIpc) is 2.10. The fourth-order valence-electron chi connectivity index (χ4n) is 1.11. The molecule has 1 amide bonds. The SMILES string of the molecule is C=CCCC(C)NCC(=O)NC(C)C. The topological polar surface area (TPSA) is 41.1 Å². The number of allylic oxidation sites excluding steroid dienone is 1. The molecule has 0 aromatic heterocycles. The van der Waals surface area contributed by atoms with Gasteiger partial charge in [-0.25, -0.2) is 0 Å². The van der Waals surface area contributed by atoms with Gasteiger partial charge in [0.15, 0.2) is 0 Å². The quantitative estimate of drug-likeness (QED) is 0.608. The van der Waals surface area contributed by atoms with E-state index >= 15 is 0 Å². The van der Waals surface area contributed by atoms with E-state index in [2.05, 4.69) is 24.1 Å². The van der Waals surface area contributed by atoms with Gasteiger partial charge in [0.25, 0.3) is 0 Å². The summed E-state index contributed by atoms with van der Waals surface area (Å²) < 4.78 is 0. The van der Waals surface area contributed by atoms with Gasteiger partial charge in [-0.05, 0) is 33.6 Å². The number of nitrogens with one attached hydrogen (secondary N) is 2. The molecule has 0 aliphatic carbocycles. The highest BCUT2D eigenvalue weighted by molar-refractivity contribution is 5.78. The van der Waals surface area contributed by atoms with Crippen molar-refractivity contribution in [2.24, 2.45) is 0 Å². The van der Waals surface area contributed by atoms with Crippen LogP contribution in [-0.4, -0.2) is 24.5 Å². The highest BCUT2D eigenvalue weighted by atomic mass is 16.1. The molecular formula is C11H22N2O. The molecule has 0 aromatic carbocycles. The Hall–Kier alpha value is -0.830. The highest BCUT2D eigenvalue weighted by Gasteiger charge is 2.05. The van der Waals surface area contributed by atoms with Crippen LogP contribution in [0.15, 0.2) is 12.7 Å². The molecule has 0 spiro atoms. The molecule has 0 rings (SSSR count). The monoisotopic (exact) mass is 198 g/mol. The normalized spacial score (nSPS) is 12.6. The number of carbonyl (C=O) groups is 1. The van der Waals surface area contributed by atoms with E-state index in [1.165, 1.54) is 0 Å². The first-order chi connectivity index (χ1) is 6.56. The van der Waals surface area contributed by atoms with Crippen molar-refractivity contribution in [3.63, 3.8) is 0 Å². The van der Waals surface area contributed by atoms with E-state index in [9.17, 15) is 4.79 Å². The van der Waals surface area contributed by atoms with Gasteiger partial charge in [-0.15, -0.1) is 6.58 Å². The zero-order valence-electron chi connectivity index (χ0n) is 9.47. The van der Waals surface area contributed by atoms with Gasteiger partial charge >= 0.3 is 0 Å². The Kier molecular flexibility index (Phi) is 7.11. The second-order valence-corrected chi connectivity index (χ2v) is 3.87. The molecule has 0 radical (unpaired) electrons. The molecule has 1 atom stereocenters. The molecule has 3 nitrogen and oxygen atoms in total. The summed E-state index contributed by atoms with van der Waals surface area (Å²) in [6.07, 6.45) is 3.91. The van der Waals surface area contributed by atoms with Crippen LogP contribution >= 0.6 is 0 Å². The number of hydrogen-bond acceptors (Lipinski definition) is 2. The van der Waals surface area contributed by atoms with E-state index in [0.717, 1.165) is 12.8 Å². The molecule has 0 aromatic rings. The fraction of sp³-hybridized carbons (Fsp3) is 0.727. The summed E-state index contributed by atoms with van der Waals surface area (Å²) in [5.74, 6) is 0.0606. The van der Waals surface area contributed by atoms with Gasteiger partial charge in [0.2, 0.25) is 5.91 Å². The van der Waals surface area contributed by atoms with Crippen LogP contribution in [0, 0.1) is 0 Å². The minimum absolute atomic E-state index is 0.0606. The van der Waals surface area contributed by atoms with Crippen molar-refractivity contribution >= 4 is 5.91 Å². The zero-order valence-corrected chi connectivity index (χ0v) is 9.47. The van der Waals surface area contributed by atoms with E-state index in [1.54, 1.807) is 0 Å². The third-order valence-electron chi connectivity index (χ3n) is 1.86. The molecular weight excluding hydrogens is 176 g/mol. The zero-order chi connectivity index (χ0) is 11.0. The van der Waals surface area contributed by atoms with Crippen molar-refractivity contribution in [3.8, 4) is 0 Å². The number of hydrogen-bond donors (Lipinski definition) is 2. The lowest BCUT2D eigenvalue weighted by Crippen LogP contribution is -2.40. The Labute approximate surface area is 87.0 Å². The van der Waals surface area contributed by atoms with Gasteiger partial charge in [0, 0.05) is 12.1 Å². The van der Waals surface area contributed by atoms with Crippen molar-refractivity contribution in [2.75, 3.05) is 6.54 Å². The van der Waals surface area contributed by atoms with Crippen molar-refractivity contribution in [3.05, 3.63) is 12.7 Å². The van der Waals surface area contributed by atoms with Crippen LogP contribution in [0.5, 0.6) is 0 Å². The van der Waals surface area contributed by atoms with E-state index in [0.29, 0.717) is 12.6 Å². The van der Waals surface area contributed by atoms with Crippen LogP contribution in [0.4, 0.5) is 0 Å². The minimum atomic E-state index is 0.0606. The Balaban J connectivity index is 3.50. The fourth-order valence-corrected chi connectivity index (χ4v) is 1.11. The summed E-state index contributed by atoms with van der Waals surface area (Å²) in [6.45, 7) is 10.0. The molecule has 0 aliphatic rings. The Morgan fingerprint density at radius 3 is 2.57 bits per heavy atom. The number of amides is 1. The van der Waals surface area contributed by atoms with Crippen LogP contribution in [0.3, 0.4) is 0 Å². The van der Waals surface area contributed by atoms with E-state index in [4.69, 9.17) is 0 Å². The van der Waals surface area contributed by atoms with Gasteiger partial charge in [-0.3, -0.25) is 4.79 Å². The van der Waals surface area contributed by atoms with Crippen molar-refractivity contribution in [2.45, 2.75) is 45.7 Å². The first-order valence-electron chi connectivity index (χ1n) is 5.20. The van der Waals surface area contributed by atoms with Crippen LogP contribution in [0.1, 0.15) is 33.6 Å². The van der Waals surface area contributed by atoms with Gasteiger partial charge < -0.3 is 10.6 Å². The van der Waals surface area contributed by atoms with E-state index in [1.807, 2.05) is 19.9 Å². The molecule has 0 saturated carbocycles. The lowest BCUT2D eigenvalue weighted by Gasteiger charge is -2.13. The number of rotatable bonds is 7. The molecule has 0 aliphatic heterocycles. The smallest absolute Gasteiger partial charge is 0.234 e. The maximum Gasteiger partial charge on any atom is 0.234 e. The minimum Gasteiger partial charge on any atom is -0.353 e. The summed E-state index contributed by atoms with van der Waals surface area (Å²) in [5.41, 5.74) is 0. The van der Waals surface area contributed by atoms with Gasteiger partial charge in [-0.1, -0.05) is 6.08 Å². The molecule has 2 N–H and O–H groups in total. The van der Waals surface area contributed by atoms with Crippen molar-refractivity contribution < 1.29 is 4.79 Å². The Morgan fingerprint density at radius 2 is 2.07 bits per heavy atom. The third kappa shape index (κ3) is 7.80. The van der Waals surface area contributed by atoms with Gasteiger partial charge in [-0.2, -0.15) is 0 Å². The Bertz CT molecular complexity index is 178. The lowest BCUT2D eigenvalue weighted by molar-refractivity contribution is -0.120. The molecule has 1 unspecified atom stereocenters. The summed E-state index contributed by atoms with van der Waals surface area (Å²) in [7, 11) is 0. The highest BCUT2D eigenvalue weighted by Crippen LogP contribution is 1.95. The lowest BCUT2D eigenvalue weighted by atomic mass is 10.2. The van der Waals surface area contributed by atoms with E-state index < -0.39 is 0 Å². The maximum absolute atomic E-state index is 11.2. The predicted octanol–water partition coefficient (Wildman–Crippen LogP) is 1.46. The maximum atomic E-state index is 11.2. The average molecular weight is 198 g/mol. The van der Waals surface area contributed by atoms with E-state index in [-0.39, 0.29) is 11.9 Å². The van der Waals surface area contributed by atoms with Crippen LogP contribution in [0.25, 0.3) is 0 Å². The van der Waals surface area contributed by atoms with Gasteiger partial charge in [0.1, 0.15) is 0 Å². The third-order valence-corrected chi connectivity index (χ3v) is 1.86. The molecule has 3 heteroatoms. The summed E-state index contributed by atoms with van der Waals surface area (Å²) in [6, 6.07) is 0.582. The first kappa shape index (κ1) is 13.2. The van der Waals surface area contributed by atoms with Crippen LogP contribution < -0.4 is 10.6 Å². The largest absolute Gasteiger partial charge is 0.353 e. The van der Waals surface area contributed by atoms with Crippen LogP contribution in [-0.2, 0) is 4.79 Å². The second kappa shape index (κ2) is 7.56. The first-order valence-corrected chi connectivity index (χ1v) is 5.20. The predicted molar refractivity (Wildman–Crippen MR) is 60.2 cm³/mol. The Morgan fingerprint density at radius 1 is 1.43 bits per heavy atom. The standard InChI is InChI=1S/C11H22N2O/c1-5-6-7-10(4)12-8-11(14)13-9(2)3/h5,9-10,12H,1,6-8H2,2-4H3,(H,13,14). The van der Waals surface area contributed by atoms with Crippen LogP contribution in [0.2, 0.25) is 0 Å². The molecule has 0 bridgehead atoms.